The van der Waals surface area contributed by atoms with E-state index in [1.807, 2.05) is 43.3 Å². The molecule has 1 heterocycles. The van der Waals surface area contributed by atoms with E-state index in [4.69, 9.17) is 0 Å². The van der Waals surface area contributed by atoms with Crippen molar-refractivity contribution in [2.45, 2.75) is 13.0 Å². The van der Waals surface area contributed by atoms with Gasteiger partial charge in [0, 0.05) is 10.0 Å². The molecule has 1 unspecified atom stereocenters. The van der Waals surface area contributed by atoms with Gasteiger partial charge in [0.15, 0.2) is 0 Å². The molecule has 1 amide bonds. The highest BCUT2D eigenvalue weighted by atomic mass is 79.9. The first-order valence-corrected chi connectivity index (χ1v) is 7.94. The lowest BCUT2D eigenvalue weighted by atomic mass is 10.1. The number of halogens is 1. The molecular formula is C17H15BrN4O. The minimum Gasteiger partial charge on any atom is -0.346 e. The molecule has 0 spiro atoms. The Morgan fingerprint density at radius 1 is 1.22 bits per heavy atom. The van der Waals surface area contributed by atoms with Crippen LogP contribution < -0.4 is 5.32 Å². The van der Waals surface area contributed by atoms with Crippen LogP contribution in [0.15, 0.2) is 65.7 Å². The topological polar surface area (TPSA) is 59.8 Å². The molecule has 1 atom stereocenters. The van der Waals surface area contributed by atoms with Crippen molar-refractivity contribution in [2.24, 2.45) is 0 Å². The maximum Gasteiger partial charge on any atom is 0.251 e. The van der Waals surface area contributed by atoms with E-state index in [1.165, 1.54) is 6.33 Å². The Morgan fingerprint density at radius 2 is 2.00 bits per heavy atom. The zero-order valence-electron chi connectivity index (χ0n) is 12.5. The summed E-state index contributed by atoms with van der Waals surface area (Å²) in [7, 11) is 0. The van der Waals surface area contributed by atoms with Crippen molar-refractivity contribution in [1.82, 2.24) is 20.1 Å². The second kappa shape index (κ2) is 6.75. The van der Waals surface area contributed by atoms with Crippen molar-refractivity contribution in [3.63, 3.8) is 0 Å². The summed E-state index contributed by atoms with van der Waals surface area (Å²) in [4.78, 5) is 16.2. The summed E-state index contributed by atoms with van der Waals surface area (Å²) < 4.78 is 2.57. The van der Waals surface area contributed by atoms with Crippen molar-refractivity contribution in [1.29, 1.82) is 0 Å². The zero-order valence-corrected chi connectivity index (χ0v) is 14.1. The minimum atomic E-state index is -0.0980. The van der Waals surface area contributed by atoms with E-state index in [1.54, 1.807) is 23.1 Å². The summed E-state index contributed by atoms with van der Waals surface area (Å²) in [6.45, 7) is 1.96. The Morgan fingerprint density at radius 3 is 2.65 bits per heavy atom. The first-order chi connectivity index (χ1) is 11.1. The molecule has 0 aliphatic rings. The highest BCUT2D eigenvalue weighted by Gasteiger charge is 2.12. The van der Waals surface area contributed by atoms with Crippen LogP contribution in [-0.2, 0) is 0 Å². The largest absolute Gasteiger partial charge is 0.346 e. The van der Waals surface area contributed by atoms with Crippen molar-refractivity contribution in [3.8, 4) is 5.69 Å². The van der Waals surface area contributed by atoms with Crippen LogP contribution in [0.25, 0.3) is 5.69 Å². The Bertz CT molecular complexity index is 800. The van der Waals surface area contributed by atoms with Crippen molar-refractivity contribution in [3.05, 3.63) is 76.8 Å². The Kier molecular flexibility index (Phi) is 4.52. The van der Waals surface area contributed by atoms with Gasteiger partial charge >= 0.3 is 0 Å². The van der Waals surface area contributed by atoms with Crippen LogP contribution in [0.5, 0.6) is 0 Å². The third kappa shape index (κ3) is 3.65. The predicted octanol–water partition coefficient (Wildman–Crippen LogP) is 3.52. The first-order valence-electron chi connectivity index (χ1n) is 7.15. The summed E-state index contributed by atoms with van der Waals surface area (Å²) >= 11 is 3.38. The van der Waals surface area contributed by atoms with Gasteiger partial charge < -0.3 is 5.32 Å². The molecule has 0 fully saturated rings. The summed E-state index contributed by atoms with van der Waals surface area (Å²) in [5.41, 5.74) is 2.58. The van der Waals surface area contributed by atoms with Crippen LogP contribution in [0, 0.1) is 0 Å². The molecule has 3 aromatic rings. The number of nitrogens with zero attached hydrogens (tertiary/aromatic N) is 3. The fourth-order valence-electron chi connectivity index (χ4n) is 2.25. The first kappa shape index (κ1) is 15.4. The lowest BCUT2D eigenvalue weighted by Gasteiger charge is -2.15. The Balaban J connectivity index is 1.70. The van der Waals surface area contributed by atoms with E-state index in [0.717, 1.165) is 15.7 Å². The third-order valence-electron chi connectivity index (χ3n) is 3.51. The zero-order chi connectivity index (χ0) is 16.2. The fourth-order valence-corrected chi connectivity index (χ4v) is 2.65. The molecule has 0 aliphatic carbocycles. The van der Waals surface area contributed by atoms with Gasteiger partial charge in [-0.1, -0.05) is 34.1 Å². The second-order valence-corrected chi connectivity index (χ2v) is 6.05. The number of aromatic nitrogens is 3. The molecule has 0 aliphatic heterocycles. The highest BCUT2D eigenvalue weighted by Crippen LogP contribution is 2.17. The van der Waals surface area contributed by atoms with Gasteiger partial charge in [-0.25, -0.2) is 9.67 Å². The van der Waals surface area contributed by atoms with Crippen LogP contribution in [0.2, 0.25) is 0 Å². The highest BCUT2D eigenvalue weighted by molar-refractivity contribution is 9.10. The van der Waals surface area contributed by atoms with E-state index in [-0.39, 0.29) is 11.9 Å². The van der Waals surface area contributed by atoms with Gasteiger partial charge in [-0.2, -0.15) is 5.10 Å². The SMILES string of the molecule is CC(NC(=O)c1cccc(Br)c1)c1ccc(-n2cncn2)cc1. The van der Waals surface area contributed by atoms with Crippen molar-refractivity contribution in [2.75, 3.05) is 0 Å². The fraction of sp³-hybridized carbons (Fsp3) is 0.118. The van der Waals surface area contributed by atoms with Gasteiger partial charge in [0.2, 0.25) is 0 Å². The molecule has 23 heavy (non-hydrogen) atoms. The molecule has 0 saturated heterocycles. The van der Waals surface area contributed by atoms with Crippen LogP contribution in [-0.4, -0.2) is 20.7 Å². The van der Waals surface area contributed by atoms with E-state index >= 15 is 0 Å². The molecule has 1 aromatic heterocycles. The number of benzene rings is 2. The van der Waals surface area contributed by atoms with E-state index in [2.05, 4.69) is 31.3 Å². The normalized spacial score (nSPS) is 11.9. The third-order valence-corrected chi connectivity index (χ3v) is 4.00. The number of rotatable bonds is 4. The molecule has 1 N–H and O–H groups in total. The number of carbonyl (C=O) groups excluding carboxylic acids is 1. The van der Waals surface area contributed by atoms with Gasteiger partial charge in [-0.05, 0) is 42.8 Å². The van der Waals surface area contributed by atoms with Gasteiger partial charge in [0.05, 0.1) is 11.7 Å². The smallest absolute Gasteiger partial charge is 0.251 e. The molecule has 6 heteroatoms. The molecule has 0 radical (unpaired) electrons. The molecule has 0 bridgehead atoms. The maximum atomic E-state index is 12.3. The average Bonchev–Trinajstić information content (AvgIpc) is 3.09. The monoisotopic (exact) mass is 370 g/mol. The number of nitrogens with one attached hydrogen (secondary N) is 1. The molecule has 3 rings (SSSR count). The summed E-state index contributed by atoms with van der Waals surface area (Å²) in [5, 5.41) is 7.09. The van der Waals surface area contributed by atoms with Crippen LogP contribution in [0.3, 0.4) is 0 Å². The van der Waals surface area contributed by atoms with Crippen LogP contribution >= 0.6 is 15.9 Å². The Hall–Kier alpha value is -2.47. The van der Waals surface area contributed by atoms with Gasteiger partial charge in [0.1, 0.15) is 12.7 Å². The van der Waals surface area contributed by atoms with Crippen LogP contribution in [0.1, 0.15) is 28.9 Å². The van der Waals surface area contributed by atoms with Gasteiger partial charge in [-0.3, -0.25) is 4.79 Å². The molecule has 5 nitrogen and oxygen atoms in total. The number of carbonyl (C=O) groups is 1. The van der Waals surface area contributed by atoms with Gasteiger partial charge in [0.25, 0.3) is 5.91 Å². The lowest BCUT2D eigenvalue weighted by Crippen LogP contribution is -2.26. The quantitative estimate of drug-likeness (QED) is 0.764. The predicted molar refractivity (Wildman–Crippen MR) is 91.4 cm³/mol. The van der Waals surface area contributed by atoms with Crippen molar-refractivity contribution >= 4 is 21.8 Å². The van der Waals surface area contributed by atoms with Crippen LogP contribution in [0.4, 0.5) is 0 Å². The Labute approximate surface area is 142 Å². The molecule has 2 aromatic carbocycles. The molecular weight excluding hydrogens is 356 g/mol. The van der Waals surface area contributed by atoms with E-state index in [0.29, 0.717) is 5.56 Å². The van der Waals surface area contributed by atoms with E-state index < -0.39 is 0 Å². The minimum absolute atomic E-state index is 0.0914. The maximum absolute atomic E-state index is 12.3. The summed E-state index contributed by atoms with van der Waals surface area (Å²) in [6, 6.07) is 15.1. The van der Waals surface area contributed by atoms with E-state index in [9.17, 15) is 4.79 Å². The molecule has 116 valence electrons. The molecule has 0 saturated carbocycles. The number of hydrogen-bond donors (Lipinski definition) is 1. The number of amides is 1. The standard InChI is InChI=1S/C17H15BrN4O/c1-12(21-17(23)14-3-2-4-15(18)9-14)13-5-7-16(8-6-13)22-11-19-10-20-22/h2-12H,1H3,(H,21,23). The summed E-state index contributed by atoms with van der Waals surface area (Å²) in [6.07, 6.45) is 3.14. The average molecular weight is 371 g/mol. The van der Waals surface area contributed by atoms with Gasteiger partial charge in [-0.15, -0.1) is 0 Å². The lowest BCUT2D eigenvalue weighted by molar-refractivity contribution is 0.0940. The number of hydrogen-bond acceptors (Lipinski definition) is 3. The second-order valence-electron chi connectivity index (χ2n) is 5.14. The van der Waals surface area contributed by atoms with Crippen molar-refractivity contribution < 1.29 is 4.79 Å². The summed E-state index contributed by atoms with van der Waals surface area (Å²) in [5.74, 6) is -0.0980.